The molecule has 0 aliphatic heterocycles. The van der Waals surface area contributed by atoms with Crippen LogP contribution in [0.15, 0.2) is 40.4 Å². The SMILES string of the molecule is COc1cc(/C=C(\C#N)C(=O)Nc2ccc(C)c(Cl)c2)cc(Br)c1OC(C)C. The van der Waals surface area contributed by atoms with Gasteiger partial charge in [-0.3, -0.25) is 4.79 Å². The maximum Gasteiger partial charge on any atom is 0.266 e. The van der Waals surface area contributed by atoms with Crippen molar-refractivity contribution in [3.8, 4) is 17.6 Å². The van der Waals surface area contributed by atoms with Crippen molar-refractivity contribution in [3.05, 3.63) is 56.5 Å². The van der Waals surface area contributed by atoms with Crippen molar-refractivity contribution in [1.82, 2.24) is 0 Å². The van der Waals surface area contributed by atoms with Crippen LogP contribution in [0.5, 0.6) is 11.5 Å². The van der Waals surface area contributed by atoms with Crippen molar-refractivity contribution in [1.29, 1.82) is 5.26 Å². The molecule has 1 N–H and O–H groups in total. The van der Waals surface area contributed by atoms with Gasteiger partial charge < -0.3 is 14.8 Å². The van der Waals surface area contributed by atoms with Crippen molar-refractivity contribution >= 4 is 45.2 Å². The van der Waals surface area contributed by atoms with Crippen LogP contribution >= 0.6 is 27.5 Å². The fourth-order valence-electron chi connectivity index (χ4n) is 2.36. The van der Waals surface area contributed by atoms with Crippen molar-refractivity contribution in [2.24, 2.45) is 0 Å². The van der Waals surface area contributed by atoms with Crippen LogP contribution in [0.1, 0.15) is 25.0 Å². The summed E-state index contributed by atoms with van der Waals surface area (Å²) in [5.41, 5.74) is 1.98. The number of nitrogens with one attached hydrogen (secondary N) is 1. The van der Waals surface area contributed by atoms with E-state index in [4.69, 9.17) is 21.1 Å². The summed E-state index contributed by atoms with van der Waals surface area (Å²) >= 11 is 9.53. The zero-order valence-electron chi connectivity index (χ0n) is 16.0. The highest BCUT2D eigenvalue weighted by Crippen LogP contribution is 2.38. The van der Waals surface area contributed by atoms with Gasteiger partial charge in [0.1, 0.15) is 11.6 Å². The lowest BCUT2D eigenvalue weighted by Crippen LogP contribution is -2.13. The lowest BCUT2D eigenvalue weighted by Gasteiger charge is -2.16. The number of hydrogen-bond donors (Lipinski definition) is 1. The molecule has 7 heteroatoms. The Balaban J connectivity index is 2.32. The minimum atomic E-state index is -0.528. The number of halogens is 2. The number of rotatable bonds is 6. The van der Waals surface area contributed by atoms with Crippen LogP contribution in [0.2, 0.25) is 5.02 Å². The summed E-state index contributed by atoms with van der Waals surface area (Å²) in [5, 5.41) is 12.6. The van der Waals surface area contributed by atoms with Gasteiger partial charge in [-0.1, -0.05) is 17.7 Å². The third-order valence-corrected chi connectivity index (χ3v) is 4.71. The molecule has 2 aromatic rings. The first-order valence-electron chi connectivity index (χ1n) is 8.48. The van der Waals surface area contributed by atoms with Crippen molar-refractivity contribution < 1.29 is 14.3 Å². The molecule has 0 atom stereocenters. The molecular weight excluding hydrogens is 444 g/mol. The molecule has 0 spiro atoms. The average Bonchev–Trinajstić information content (AvgIpc) is 2.64. The summed E-state index contributed by atoms with van der Waals surface area (Å²) in [6.07, 6.45) is 1.45. The lowest BCUT2D eigenvalue weighted by atomic mass is 10.1. The number of methoxy groups -OCH3 is 1. The summed E-state index contributed by atoms with van der Waals surface area (Å²) in [5.74, 6) is 0.532. The quantitative estimate of drug-likeness (QED) is 0.437. The molecule has 0 fully saturated rings. The van der Waals surface area contributed by atoms with E-state index in [1.807, 2.05) is 26.8 Å². The van der Waals surface area contributed by atoms with Crippen LogP contribution in [0, 0.1) is 18.3 Å². The van der Waals surface area contributed by atoms with Gasteiger partial charge in [-0.2, -0.15) is 5.26 Å². The van der Waals surface area contributed by atoms with Gasteiger partial charge in [-0.15, -0.1) is 0 Å². The van der Waals surface area contributed by atoms with Gasteiger partial charge in [0.2, 0.25) is 0 Å². The smallest absolute Gasteiger partial charge is 0.266 e. The molecule has 2 rings (SSSR count). The maximum atomic E-state index is 12.5. The van der Waals surface area contributed by atoms with Crippen molar-refractivity contribution in [2.45, 2.75) is 26.9 Å². The van der Waals surface area contributed by atoms with Crippen LogP contribution in [0.4, 0.5) is 5.69 Å². The van der Waals surface area contributed by atoms with E-state index in [1.165, 1.54) is 13.2 Å². The van der Waals surface area contributed by atoms with Crippen LogP contribution in [0.3, 0.4) is 0 Å². The largest absolute Gasteiger partial charge is 0.493 e. The zero-order chi connectivity index (χ0) is 20.8. The zero-order valence-corrected chi connectivity index (χ0v) is 18.3. The van der Waals surface area contributed by atoms with Gasteiger partial charge in [0.05, 0.1) is 17.7 Å². The third kappa shape index (κ3) is 5.51. The Morgan fingerprint density at radius 3 is 2.61 bits per heavy atom. The first kappa shape index (κ1) is 21.8. The Bertz CT molecular complexity index is 965. The number of nitrogens with zero attached hydrogens (tertiary/aromatic N) is 1. The topological polar surface area (TPSA) is 71.3 Å². The Labute approximate surface area is 178 Å². The minimum absolute atomic E-state index is 0.0339. The third-order valence-electron chi connectivity index (χ3n) is 3.71. The minimum Gasteiger partial charge on any atom is -0.493 e. The second-order valence-electron chi connectivity index (χ2n) is 6.29. The predicted octanol–water partition coefficient (Wildman–Crippen LogP) is 5.75. The van der Waals surface area contributed by atoms with E-state index in [1.54, 1.807) is 30.3 Å². The molecule has 0 heterocycles. The van der Waals surface area contributed by atoms with Gasteiger partial charge in [0, 0.05) is 10.7 Å². The molecule has 0 aliphatic rings. The molecule has 2 aromatic carbocycles. The second kappa shape index (κ2) is 9.63. The van der Waals surface area contributed by atoms with Crippen LogP contribution < -0.4 is 14.8 Å². The van der Waals surface area contributed by atoms with E-state index in [0.717, 1.165) is 5.56 Å². The monoisotopic (exact) mass is 462 g/mol. The highest BCUT2D eigenvalue weighted by Gasteiger charge is 2.15. The lowest BCUT2D eigenvalue weighted by molar-refractivity contribution is -0.112. The van der Waals surface area contributed by atoms with Crippen molar-refractivity contribution in [3.63, 3.8) is 0 Å². The highest BCUT2D eigenvalue weighted by atomic mass is 79.9. The molecule has 28 heavy (non-hydrogen) atoms. The van der Waals surface area contributed by atoms with Gasteiger partial charge in [0.15, 0.2) is 11.5 Å². The average molecular weight is 464 g/mol. The van der Waals surface area contributed by atoms with E-state index in [2.05, 4.69) is 21.2 Å². The first-order valence-corrected chi connectivity index (χ1v) is 9.65. The molecule has 0 unspecified atom stereocenters. The van der Waals surface area contributed by atoms with Crippen LogP contribution in [-0.4, -0.2) is 19.1 Å². The molecule has 0 radical (unpaired) electrons. The number of ether oxygens (including phenoxy) is 2. The summed E-state index contributed by atoms with van der Waals surface area (Å²) in [7, 11) is 1.53. The van der Waals surface area contributed by atoms with Gasteiger partial charge >= 0.3 is 0 Å². The number of hydrogen-bond acceptors (Lipinski definition) is 4. The van der Waals surface area contributed by atoms with E-state index in [-0.39, 0.29) is 11.7 Å². The van der Waals surface area contributed by atoms with Gasteiger partial charge in [-0.25, -0.2) is 0 Å². The Morgan fingerprint density at radius 1 is 1.32 bits per heavy atom. The van der Waals surface area contributed by atoms with Gasteiger partial charge in [-0.05, 0) is 78.2 Å². The van der Waals surface area contributed by atoms with E-state index < -0.39 is 5.91 Å². The molecule has 0 saturated carbocycles. The summed E-state index contributed by atoms with van der Waals surface area (Å²) in [6, 6.07) is 10.6. The summed E-state index contributed by atoms with van der Waals surface area (Å²) in [4.78, 5) is 12.5. The first-order chi connectivity index (χ1) is 13.2. The van der Waals surface area contributed by atoms with Crippen LogP contribution in [-0.2, 0) is 4.79 Å². The number of amides is 1. The molecule has 0 aliphatic carbocycles. The fourth-order valence-corrected chi connectivity index (χ4v) is 3.09. The fraction of sp³-hybridized carbons (Fsp3) is 0.238. The Hall–Kier alpha value is -2.49. The Kier molecular flexibility index (Phi) is 7.50. The number of carbonyl (C=O) groups excluding carboxylic acids is 1. The number of nitriles is 1. The van der Waals surface area contributed by atoms with Crippen molar-refractivity contribution in [2.75, 3.05) is 12.4 Å². The van der Waals surface area contributed by atoms with E-state index >= 15 is 0 Å². The molecule has 5 nitrogen and oxygen atoms in total. The number of aryl methyl sites for hydroxylation is 1. The normalized spacial score (nSPS) is 11.1. The number of carbonyl (C=O) groups is 1. The number of anilines is 1. The molecular formula is C21H20BrClN2O3. The standard InChI is InChI=1S/C21H20BrClN2O3/c1-12(2)28-20-17(22)8-14(9-19(20)27-4)7-15(11-24)21(26)25-16-6-5-13(3)18(23)10-16/h5-10,12H,1-4H3,(H,25,26)/b15-7+. The van der Waals surface area contributed by atoms with E-state index in [0.29, 0.717) is 32.2 Å². The summed E-state index contributed by atoms with van der Waals surface area (Å²) in [6.45, 7) is 5.69. The molecule has 1 amide bonds. The Morgan fingerprint density at radius 2 is 2.04 bits per heavy atom. The predicted molar refractivity (Wildman–Crippen MR) is 115 cm³/mol. The highest BCUT2D eigenvalue weighted by molar-refractivity contribution is 9.10. The molecule has 0 aromatic heterocycles. The second-order valence-corrected chi connectivity index (χ2v) is 7.55. The number of benzene rings is 2. The van der Waals surface area contributed by atoms with Crippen LogP contribution in [0.25, 0.3) is 6.08 Å². The molecule has 0 bridgehead atoms. The van der Waals surface area contributed by atoms with E-state index in [9.17, 15) is 10.1 Å². The molecule has 0 saturated heterocycles. The summed E-state index contributed by atoms with van der Waals surface area (Å²) < 4.78 is 11.8. The van der Waals surface area contributed by atoms with Gasteiger partial charge in [0.25, 0.3) is 5.91 Å². The maximum absolute atomic E-state index is 12.5. The molecule has 146 valence electrons.